The molecule has 1 N–H and O–H groups in total. The zero-order chi connectivity index (χ0) is 12.7. The van der Waals surface area contributed by atoms with Crippen LogP contribution in [-0.4, -0.2) is 26.2 Å². The number of methoxy groups -OCH3 is 1. The molecule has 0 fully saturated rings. The van der Waals surface area contributed by atoms with Gasteiger partial charge >= 0.3 is 5.97 Å². The molecule has 0 aliphatic carbocycles. The van der Waals surface area contributed by atoms with Gasteiger partial charge in [-0.1, -0.05) is 19.4 Å². The number of carbonyl (C=O) groups excluding carboxylic acids is 1. The topological polar surface area (TPSA) is 51.5 Å². The summed E-state index contributed by atoms with van der Waals surface area (Å²) in [7, 11) is 1.34. The molecule has 0 saturated heterocycles. The van der Waals surface area contributed by atoms with Crippen molar-refractivity contribution < 1.29 is 13.9 Å². The van der Waals surface area contributed by atoms with Crippen LogP contribution in [0, 0.1) is 0 Å². The van der Waals surface area contributed by atoms with E-state index < -0.39 is 5.97 Å². The van der Waals surface area contributed by atoms with Gasteiger partial charge in [0.05, 0.1) is 7.11 Å². The Labute approximate surface area is 102 Å². The molecule has 0 atom stereocenters. The molecule has 0 spiro atoms. The molecule has 1 aromatic heterocycles. The third-order valence-corrected chi connectivity index (χ3v) is 2.42. The van der Waals surface area contributed by atoms with Gasteiger partial charge in [-0.2, -0.15) is 0 Å². The summed E-state index contributed by atoms with van der Waals surface area (Å²) in [5.74, 6) is 0.465. The molecular weight excluding hydrogens is 218 g/mol. The summed E-state index contributed by atoms with van der Waals surface area (Å²) in [5.41, 5.74) is 1.23. The molecule has 1 heterocycles. The van der Waals surface area contributed by atoms with Gasteiger partial charge in [0, 0.05) is 6.54 Å². The fourth-order valence-electron chi connectivity index (χ4n) is 1.41. The molecule has 4 nitrogen and oxygen atoms in total. The van der Waals surface area contributed by atoms with Gasteiger partial charge in [-0.25, -0.2) is 4.79 Å². The average Bonchev–Trinajstić information content (AvgIpc) is 2.81. The Hall–Kier alpha value is -1.55. The Morgan fingerprint density at radius 2 is 2.24 bits per heavy atom. The number of hydrogen-bond donors (Lipinski definition) is 1. The minimum absolute atomic E-state index is 0.234. The summed E-state index contributed by atoms with van der Waals surface area (Å²) in [6.45, 7) is 5.92. The van der Waals surface area contributed by atoms with Crippen LogP contribution in [0.5, 0.6) is 0 Å². The molecule has 1 rings (SSSR count). The molecule has 0 unspecified atom stereocenters. The van der Waals surface area contributed by atoms with Gasteiger partial charge in [-0.3, -0.25) is 0 Å². The number of carbonyl (C=O) groups is 1. The van der Waals surface area contributed by atoms with Crippen LogP contribution in [0.25, 0.3) is 6.08 Å². The first-order chi connectivity index (χ1) is 8.21. The van der Waals surface area contributed by atoms with Crippen LogP contribution in [0.2, 0.25) is 0 Å². The van der Waals surface area contributed by atoms with E-state index >= 15 is 0 Å². The molecular formula is C13H19NO3. The molecule has 0 aromatic carbocycles. The molecule has 0 aliphatic heterocycles. The standard InChI is InChI=1S/C13H19NO3/c1-4-10(9-14-5-2)8-11-6-7-12(17-11)13(15)16-3/h6-8,14H,4-5,9H2,1-3H3. The number of nitrogens with one attached hydrogen (secondary N) is 1. The first kappa shape index (κ1) is 13.5. The average molecular weight is 237 g/mol. The molecule has 94 valence electrons. The Morgan fingerprint density at radius 3 is 2.82 bits per heavy atom. The van der Waals surface area contributed by atoms with Crippen molar-refractivity contribution in [3.8, 4) is 0 Å². The quantitative estimate of drug-likeness (QED) is 0.772. The van der Waals surface area contributed by atoms with Crippen LogP contribution in [0.1, 0.15) is 36.6 Å². The molecule has 4 heteroatoms. The molecule has 0 amide bonds. The zero-order valence-corrected chi connectivity index (χ0v) is 10.6. The van der Waals surface area contributed by atoms with Gasteiger partial charge in [-0.15, -0.1) is 0 Å². The van der Waals surface area contributed by atoms with E-state index in [1.165, 1.54) is 12.7 Å². The lowest BCUT2D eigenvalue weighted by molar-refractivity contribution is 0.0564. The van der Waals surface area contributed by atoms with Crippen molar-refractivity contribution in [2.24, 2.45) is 0 Å². The van der Waals surface area contributed by atoms with Crippen LogP contribution in [0.3, 0.4) is 0 Å². The summed E-state index contributed by atoms with van der Waals surface area (Å²) in [4.78, 5) is 11.2. The van der Waals surface area contributed by atoms with Crippen molar-refractivity contribution in [1.29, 1.82) is 0 Å². The van der Waals surface area contributed by atoms with Crippen molar-refractivity contribution in [3.63, 3.8) is 0 Å². The third kappa shape index (κ3) is 4.07. The van der Waals surface area contributed by atoms with Crippen molar-refractivity contribution in [2.45, 2.75) is 20.3 Å². The summed E-state index contributed by atoms with van der Waals surface area (Å²) in [6.07, 6.45) is 2.90. The first-order valence-electron chi connectivity index (χ1n) is 5.79. The fourth-order valence-corrected chi connectivity index (χ4v) is 1.41. The highest BCUT2D eigenvalue weighted by Gasteiger charge is 2.10. The van der Waals surface area contributed by atoms with Crippen LogP contribution >= 0.6 is 0 Å². The van der Waals surface area contributed by atoms with Crippen LogP contribution in [-0.2, 0) is 4.74 Å². The maximum absolute atomic E-state index is 11.2. The largest absolute Gasteiger partial charge is 0.463 e. The van der Waals surface area contributed by atoms with Crippen molar-refractivity contribution in [1.82, 2.24) is 5.32 Å². The van der Waals surface area contributed by atoms with Crippen molar-refractivity contribution in [3.05, 3.63) is 29.2 Å². The molecule has 0 aliphatic rings. The first-order valence-corrected chi connectivity index (χ1v) is 5.79. The predicted molar refractivity (Wildman–Crippen MR) is 66.9 cm³/mol. The van der Waals surface area contributed by atoms with Crippen molar-refractivity contribution >= 4 is 12.0 Å². The fraction of sp³-hybridized carbons (Fsp3) is 0.462. The number of hydrogen-bond acceptors (Lipinski definition) is 4. The summed E-state index contributed by atoms with van der Waals surface area (Å²) >= 11 is 0. The Balaban J connectivity index is 2.74. The molecule has 17 heavy (non-hydrogen) atoms. The van der Waals surface area contributed by atoms with E-state index in [0.717, 1.165) is 19.5 Å². The minimum atomic E-state index is -0.450. The summed E-state index contributed by atoms with van der Waals surface area (Å²) in [5, 5.41) is 3.26. The van der Waals surface area contributed by atoms with E-state index in [2.05, 4.69) is 23.9 Å². The number of furan rings is 1. The lowest BCUT2D eigenvalue weighted by Crippen LogP contribution is -2.15. The summed E-state index contributed by atoms with van der Waals surface area (Å²) < 4.78 is 9.95. The minimum Gasteiger partial charge on any atom is -0.463 e. The maximum Gasteiger partial charge on any atom is 0.373 e. The van der Waals surface area contributed by atoms with Crippen LogP contribution in [0.15, 0.2) is 22.1 Å². The lowest BCUT2D eigenvalue weighted by atomic mass is 10.1. The molecule has 1 aromatic rings. The van der Waals surface area contributed by atoms with Gasteiger partial charge in [0.2, 0.25) is 5.76 Å². The second-order valence-corrected chi connectivity index (χ2v) is 3.63. The smallest absolute Gasteiger partial charge is 0.373 e. The third-order valence-electron chi connectivity index (χ3n) is 2.42. The zero-order valence-electron chi connectivity index (χ0n) is 10.6. The van der Waals surface area contributed by atoms with E-state index in [9.17, 15) is 4.79 Å². The van der Waals surface area contributed by atoms with Gasteiger partial charge < -0.3 is 14.5 Å². The molecule has 0 bridgehead atoms. The summed E-state index contributed by atoms with van der Waals surface area (Å²) in [6, 6.07) is 3.39. The maximum atomic E-state index is 11.2. The SMILES string of the molecule is CCNCC(=Cc1ccc(C(=O)OC)o1)CC. The van der Waals surface area contributed by atoms with Gasteiger partial charge in [0.15, 0.2) is 0 Å². The Kier molecular flexibility index (Phi) is 5.49. The molecule has 0 saturated carbocycles. The highest BCUT2D eigenvalue weighted by Crippen LogP contribution is 2.14. The van der Waals surface area contributed by atoms with E-state index in [1.54, 1.807) is 12.1 Å². The van der Waals surface area contributed by atoms with Crippen LogP contribution in [0.4, 0.5) is 0 Å². The van der Waals surface area contributed by atoms with Crippen molar-refractivity contribution in [2.75, 3.05) is 20.2 Å². The Morgan fingerprint density at radius 1 is 1.47 bits per heavy atom. The van der Waals surface area contributed by atoms with E-state index in [0.29, 0.717) is 5.76 Å². The lowest BCUT2D eigenvalue weighted by Gasteiger charge is -2.03. The second-order valence-electron chi connectivity index (χ2n) is 3.63. The van der Waals surface area contributed by atoms with Gasteiger partial charge in [0.25, 0.3) is 0 Å². The van der Waals surface area contributed by atoms with E-state index in [1.807, 2.05) is 6.08 Å². The van der Waals surface area contributed by atoms with Crippen LogP contribution < -0.4 is 5.32 Å². The highest BCUT2D eigenvalue weighted by molar-refractivity contribution is 5.86. The van der Waals surface area contributed by atoms with E-state index in [4.69, 9.17) is 4.42 Å². The number of likely N-dealkylation sites (N-methyl/N-ethyl adjacent to an activating group) is 1. The number of esters is 1. The number of ether oxygens (including phenoxy) is 1. The monoisotopic (exact) mass is 237 g/mol. The predicted octanol–water partition coefficient (Wildman–Crippen LogP) is 2.47. The molecule has 0 radical (unpaired) electrons. The van der Waals surface area contributed by atoms with E-state index in [-0.39, 0.29) is 5.76 Å². The van der Waals surface area contributed by atoms with Gasteiger partial charge in [-0.05, 0) is 31.2 Å². The normalized spacial score (nSPS) is 11.6. The highest BCUT2D eigenvalue weighted by atomic mass is 16.5. The number of rotatable bonds is 6. The second kappa shape index (κ2) is 6.91. The Bertz CT molecular complexity index is 393. The van der Waals surface area contributed by atoms with Gasteiger partial charge in [0.1, 0.15) is 5.76 Å².